The number of para-hydroxylation sites is 1. The average Bonchev–Trinajstić information content (AvgIpc) is 2.64. The van der Waals surface area contributed by atoms with Gasteiger partial charge in [-0.3, -0.25) is 24.0 Å². The molecule has 7 heteroatoms. The Balaban J connectivity index is 2.25. The van der Waals surface area contributed by atoms with Crippen molar-refractivity contribution in [1.29, 1.82) is 0 Å². The molecular weight excluding hydrogens is 326 g/mol. The van der Waals surface area contributed by atoms with Gasteiger partial charge in [-0.15, -0.1) is 0 Å². The molecule has 0 aliphatic carbocycles. The molecule has 2 amide bonds. The lowest BCUT2D eigenvalue weighted by atomic mass is 10.1. The zero-order valence-corrected chi connectivity index (χ0v) is 12.3. The number of halogens is 1. The second-order valence-electron chi connectivity index (χ2n) is 4.79. The highest BCUT2D eigenvalue weighted by atomic mass is 79.9. The van der Waals surface area contributed by atoms with Crippen molar-refractivity contribution in [2.75, 3.05) is 0 Å². The Labute approximate surface area is 122 Å². The standard InChI is InChI=1S/C13H12BrN3O3/c1-16-11-7(14)3-2-4-8(11)17(13(16)20)9-5-6-10(18)15-12(9)19/h2-4,9H,5-6H2,1H3,(H,15,18,19)/t9-/m0/s1. The van der Waals surface area contributed by atoms with Crippen molar-refractivity contribution >= 4 is 38.8 Å². The van der Waals surface area contributed by atoms with Crippen molar-refractivity contribution in [3.05, 3.63) is 33.2 Å². The molecule has 1 aromatic carbocycles. The number of hydrogen-bond donors (Lipinski definition) is 1. The van der Waals surface area contributed by atoms with Crippen molar-refractivity contribution in [2.24, 2.45) is 7.05 Å². The number of piperidine rings is 1. The highest BCUT2D eigenvalue weighted by Gasteiger charge is 2.31. The minimum atomic E-state index is -0.641. The summed E-state index contributed by atoms with van der Waals surface area (Å²) < 4.78 is 3.76. The molecule has 0 unspecified atom stereocenters. The number of aromatic nitrogens is 2. The number of imide groups is 1. The van der Waals surface area contributed by atoms with Crippen LogP contribution >= 0.6 is 15.9 Å². The minimum absolute atomic E-state index is 0.243. The van der Waals surface area contributed by atoms with E-state index in [0.717, 1.165) is 9.99 Å². The largest absolute Gasteiger partial charge is 0.329 e. The van der Waals surface area contributed by atoms with E-state index in [9.17, 15) is 14.4 Å². The number of aryl methyl sites for hydroxylation is 1. The number of fused-ring (bicyclic) bond motifs is 1. The van der Waals surface area contributed by atoms with Gasteiger partial charge >= 0.3 is 5.69 Å². The lowest BCUT2D eigenvalue weighted by Crippen LogP contribution is -2.44. The van der Waals surface area contributed by atoms with E-state index in [1.165, 1.54) is 9.13 Å². The smallest absolute Gasteiger partial charge is 0.295 e. The van der Waals surface area contributed by atoms with Gasteiger partial charge in [0.25, 0.3) is 0 Å². The first-order valence-electron chi connectivity index (χ1n) is 6.20. The monoisotopic (exact) mass is 337 g/mol. The molecule has 1 N–H and O–H groups in total. The molecule has 2 aromatic rings. The van der Waals surface area contributed by atoms with E-state index in [1.807, 2.05) is 12.1 Å². The van der Waals surface area contributed by atoms with Crippen LogP contribution in [0.15, 0.2) is 27.5 Å². The Morgan fingerprint density at radius 3 is 2.75 bits per heavy atom. The molecule has 1 fully saturated rings. The Morgan fingerprint density at radius 1 is 1.30 bits per heavy atom. The summed E-state index contributed by atoms with van der Waals surface area (Å²) in [5.41, 5.74) is 1.16. The van der Waals surface area contributed by atoms with Crippen LogP contribution in [0.2, 0.25) is 0 Å². The third-order valence-electron chi connectivity index (χ3n) is 3.58. The number of benzene rings is 1. The summed E-state index contributed by atoms with van der Waals surface area (Å²) in [5, 5.41) is 2.29. The van der Waals surface area contributed by atoms with E-state index in [-0.39, 0.29) is 18.0 Å². The predicted molar refractivity (Wildman–Crippen MR) is 76.3 cm³/mol. The number of imidazole rings is 1. The maximum Gasteiger partial charge on any atom is 0.329 e. The van der Waals surface area contributed by atoms with Gasteiger partial charge in [-0.25, -0.2) is 4.79 Å². The Hall–Kier alpha value is -1.89. The molecule has 0 bridgehead atoms. The molecule has 104 valence electrons. The van der Waals surface area contributed by atoms with Gasteiger partial charge in [0.2, 0.25) is 11.8 Å². The molecule has 6 nitrogen and oxygen atoms in total. The van der Waals surface area contributed by atoms with E-state index < -0.39 is 11.9 Å². The summed E-state index contributed by atoms with van der Waals surface area (Å²) >= 11 is 3.42. The van der Waals surface area contributed by atoms with Crippen LogP contribution in [-0.2, 0) is 16.6 Å². The summed E-state index contributed by atoms with van der Waals surface area (Å²) in [6.45, 7) is 0. The maximum atomic E-state index is 12.4. The fourth-order valence-electron chi connectivity index (χ4n) is 2.62. The normalized spacial score (nSPS) is 19.4. The first-order chi connectivity index (χ1) is 9.50. The van der Waals surface area contributed by atoms with Crippen LogP contribution in [0.4, 0.5) is 0 Å². The predicted octanol–water partition coefficient (Wildman–Crippen LogP) is 1.08. The Kier molecular flexibility index (Phi) is 3.01. The first-order valence-corrected chi connectivity index (χ1v) is 6.99. The van der Waals surface area contributed by atoms with Gasteiger partial charge in [0.15, 0.2) is 0 Å². The molecule has 2 heterocycles. The van der Waals surface area contributed by atoms with Crippen LogP contribution in [0.1, 0.15) is 18.9 Å². The van der Waals surface area contributed by atoms with Crippen LogP contribution in [-0.4, -0.2) is 20.9 Å². The first kappa shape index (κ1) is 13.1. The third kappa shape index (κ3) is 1.81. The highest BCUT2D eigenvalue weighted by molar-refractivity contribution is 9.10. The number of amides is 2. The molecule has 0 radical (unpaired) electrons. The lowest BCUT2D eigenvalue weighted by molar-refractivity contribution is -0.135. The molecule has 20 heavy (non-hydrogen) atoms. The molecule has 0 saturated carbocycles. The number of carbonyl (C=O) groups is 2. The van der Waals surface area contributed by atoms with Gasteiger partial charge in [0, 0.05) is 17.9 Å². The van der Waals surface area contributed by atoms with E-state index in [2.05, 4.69) is 21.2 Å². The fraction of sp³-hybridized carbons (Fsp3) is 0.308. The quantitative estimate of drug-likeness (QED) is 0.791. The average molecular weight is 338 g/mol. The second-order valence-corrected chi connectivity index (χ2v) is 5.64. The number of rotatable bonds is 1. The summed E-state index contributed by atoms with van der Waals surface area (Å²) in [4.78, 5) is 35.6. The Morgan fingerprint density at radius 2 is 2.05 bits per heavy atom. The summed E-state index contributed by atoms with van der Waals surface area (Å²) in [7, 11) is 1.66. The number of nitrogens with zero attached hydrogens (tertiary/aromatic N) is 2. The van der Waals surface area contributed by atoms with Gasteiger partial charge in [0.05, 0.1) is 11.0 Å². The third-order valence-corrected chi connectivity index (χ3v) is 4.22. The fourth-order valence-corrected chi connectivity index (χ4v) is 3.24. The van der Waals surface area contributed by atoms with Gasteiger partial charge in [-0.1, -0.05) is 6.07 Å². The zero-order valence-electron chi connectivity index (χ0n) is 10.7. The molecule has 3 rings (SSSR count). The molecular formula is C13H12BrN3O3. The summed E-state index contributed by atoms with van der Waals surface area (Å²) in [6, 6.07) is 4.81. The van der Waals surface area contributed by atoms with Gasteiger partial charge in [0.1, 0.15) is 6.04 Å². The van der Waals surface area contributed by atoms with Gasteiger partial charge in [-0.05, 0) is 34.5 Å². The van der Waals surface area contributed by atoms with Gasteiger partial charge in [-0.2, -0.15) is 0 Å². The number of nitrogens with one attached hydrogen (secondary N) is 1. The number of hydrogen-bond acceptors (Lipinski definition) is 3. The molecule has 1 saturated heterocycles. The second kappa shape index (κ2) is 4.59. The van der Waals surface area contributed by atoms with Crippen molar-refractivity contribution in [3.63, 3.8) is 0 Å². The van der Waals surface area contributed by atoms with Gasteiger partial charge < -0.3 is 0 Å². The van der Waals surface area contributed by atoms with Crippen molar-refractivity contribution in [3.8, 4) is 0 Å². The summed E-state index contributed by atoms with van der Waals surface area (Å²) in [5.74, 6) is -0.712. The maximum absolute atomic E-state index is 12.4. The van der Waals surface area contributed by atoms with Crippen molar-refractivity contribution in [1.82, 2.24) is 14.5 Å². The summed E-state index contributed by atoms with van der Waals surface area (Å²) in [6.07, 6.45) is 0.587. The van der Waals surface area contributed by atoms with E-state index >= 15 is 0 Å². The van der Waals surface area contributed by atoms with Crippen molar-refractivity contribution < 1.29 is 9.59 Å². The highest BCUT2D eigenvalue weighted by Crippen LogP contribution is 2.27. The Bertz CT molecular complexity index is 790. The van der Waals surface area contributed by atoms with E-state index in [1.54, 1.807) is 13.1 Å². The molecule has 1 aliphatic heterocycles. The van der Waals surface area contributed by atoms with Crippen LogP contribution in [0.25, 0.3) is 11.0 Å². The SMILES string of the molecule is Cn1c(=O)n([C@H]2CCC(=O)NC2=O)c2cccc(Br)c21. The molecule has 1 atom stereocenters. The molecule has 0 spiro atoms. The van der Waals surface area contributed by atoms with Crippen LogP contribution in [0.5, 0.6) is 0 Å². The van der Waals surface area contributed by atoms with Crippen LogP contribution < -0.4 is 11.0 Å². The van der Waals surface area contributed by atoms with Crippen LogP contribution in [0.3, 0.4) is 0 Å². The minimum Gasteiger partial charge on any atom is -0.295 e. The van der Waals surface area contributed by atoms with E-state index in [0.29, 0.717) is 11.9 Å². The number of carbonyl (C=O) groups excluding carboxylic acids is 2. The van der Waals surface area contributed by atoms with E-state index in [4.69, 9.17) is 0 Å². The lowest BCUT2D eigenvalue weighted by Gasteiger charge is -2.21. The van der Waals surface area contributed by atoms with Crippen LogP contribution in [0, 0.1) is 0 Å². The molecule has 1 aliphatic rings. The molecule has 1 aromatic heterocycles. The topological polar surface area (TPSA) is 73.1 Å². The zero-order chi connectivity index (χ0) is 14.4. The van der Waals surface area contributed by atoms with Crippen molar-refractivity contribution in [2.45, 2.75) is 18.9 Å².